The number of nitrogens with zero attached hydrogens (tertiary/aromatic N) is 2. The fraction of sp³-hybridized carbons (Fsp3) is 0.812. The summed E-state index contributed by atoms with van der Waals surface area (Å²) >= 11 is 0. The first-order chi connectivity index (χ1) is 9.38. The maximum Gasteiger partial charge on any atom is 0.151 e. The standard InChI is InChI=1S/C16H31N3O/c1-12(2)7-14(5)19(6)11-16-8-15(18-20-16)10-17-9-13(3)4/h8,12-14,17H,7,9-11H2,1-6H3. The van der Waals surface area contributed by atoms with Crippen LogP contribution in [0.3, 0.4) is 0 Å². The molecule has 1 aromatic rings. The van der Waals surface area contributed by atoms with E-state index in [1.807, 2.05) is 0 Å². The van der Waals surface area contributed by atoms with Crippen LogP contribution in [0.1, 0.15) is 52.5 Å². The van der Waals surface area contributed by atoms with Gasteiger partial charge in [-0.2, -0.15) is 0 Å². The first kappa shape index (κ1) is 17.2. The first-order valence-electron chi connectivity index (χ1n) is 7.74. The number of rotatable bonds is 9. The smallest absolute Gasteiger partial charge is 0.151 e. The molecule has 0 radical (unpaired) electrons. The Morgan fingerprint density at radius 1 is 1.20 bits per heavy atom. The monoisotopic (exact) mass is 281 g/mol. The van der Waals surface area contributed by atoms with Crippen LogP contribution in [-0.2, 0) is 13.1 Å². The molecule has 1 unspecified atom stereocenters. The second-order valence-corrected chi connectivity index (χ2v) is 6.70. The zero-order chi connectivity index (χ0) is 15.1. The quantitative estimate of drug-likeness (QED) is 0.754. The maximum absolute atomic E-state index is 5.42. The zero-order valence-electron chi connectivity index (χ0n) is 13.9. The molecule has 20 heavy (non-hydrogen) atoms. The van der Waals surface area contributed by atoms with Crippen molar-refractivity contribution in [2.75, 3.05) is 13.6 Å². The zero-order valence-corrected chi connectivity index (χ0v) is 13.9. The van der Waals surface area contributed by atoms with E-state index in [9.17, 15) is 0 Å². The lowest BCUT2D eigenvalue weighted by Crippen LogP contribution is -2.29. The Labute approximate surface area is 123 Å². The molecule has 0 saturated carbocycles. The lowest BCUT2D eigenvalue weighted by atomic mass is 10.0. The Kier molecular flexibility index (Phi) is 7.24. The summed E-state index contributed by atoms with van der Waals surface area (Å²) in [5.41, 5.74) is 0.991. The van der Waals surface area contributed by atoms with Gasteiger partial charge in [-0.1, -0.05) is 32.9 Å². The fourth-order valence-electron chi connectivity index (χ4n) is 2.27. The van der Waals surface area contributed by atoms with E-state index in [-0.39, 0.29) is 0 Å². The SMILES string of the molecule is CC(C)CNCc1cc(CN(C)C(C)CC(C)C)on1. The van der Waals surface area contributed by atoms with E-state index in [4.69, 9.17) is 4.52 Å². The Hall–Kier alpha value is -0.870. The molecular formula is C16H31N3O. The summed E-state index contributed by atoms with van der Waals surface area (Å²) in [5, 5.41) is 7.50. The Bertz CT molecular complexity index is 374. The summed E-state index contributed by atoms with van der Waals surface area (Å²) in [4.78, 5) is 2.33. The number of nitrogens with one attached hydrogen (secondary N) is 1. The largest absolute Gasteiger partial charge is 0.360 e. The minimum atomic E-state index is 0.558. The van der Waals surface area contributed by atoms with Crippen LogP contribution in [0.25, 0.3) is 0 Å². The van der Waals surface area contributed by atoms with Crippen LogP contribution in [0.4, 0.5) is 0 Å². The Morgan fingerprint density at radius 2 is 1.90 bits per heavy atom. The highest BCUT2D eigenvalue weighted by Gasteiger charge is 2.14. The van der Waals surface area contributed by atoms with Gasteiger partial charge in [-0.25, -0.2) is 0 Å². The molecule has 0 aliphatic heterocycles. The van der Waals surface area contributed by atoms with Gasteiger partial charge < -0.3 is 9.84 Å². The van der Waals surface area contributed by atoms with Crippen LogP contribution < -0.4 is 5.32 Å². The molecule has 0 fully saturated rings. The van der Waals surface area contributed by atoms with Crippen molar-refractivity contribution in [3.63, 3.8) is 0 Å². The molecule has 0 bridgehead atoms. The van der Waals surface area contributed by atoms with Crippen molar-refractivity contribution < 1.29 is 4.52 Å². The van der Waals surface area contributed by atoms with Crippen molar-refractivity contribution in [3.05, 3.63) is 17.5 Å². The molecule has 116 valence electrons. The van der Waals surface area contributed by atoms with Gasteiger partial charge in [0, 0.05) is 18.7 Å². The molecule has 0 aliphatic carbocycles. The van der Waals surface area contributed by atoms with Crippen LogP contribution in [0.2, 0.25) is 0 Å². The summed E-state index contributed by atoms with van der Waals surface area (Å²) < 4.78 is 5.42. The predicted molar refractivity (Wildman–Crippen MR) is 83.4 cm³/mol. The van der Waals surface area contributed by atoms with Crippen molar-refractivity contribution in [1.82, 2.24) is 15.4 Å². The fourth-order valence-corrected chi connectivity index (χ4v) is 2.27. The normalized spacial score (nSPS) is 13.7. The molecular weight excluding hydrogens is 250 g/mol. The summed E-state index contributed by atoms with van der Waals surface area (Å²) in [6.45, 7) is 13.8. The number of hydrogen-bond acceptors (Lipinski definition) is 4. The minimum Gasteiger partial charge on any atom is -0.360 e. The molecule has 0 spiro atoms. The van der Waals surface area contributed by atoms with Gasteiger partial charge in [0.05, 0.1) is 12.2 Å². The van der Waals surface area contributed by atoms with E-state index in [0.29, 0.717) is 12.0 Å². The van der Waals surface area contributed by atoms with Crippen molar-refractivity contribution in [3.8, 4) is 0 Å². The van der Waals surface area contributed by atoms with E-state index in [0.717, 1.165) is 37.0 Å². The Morgan fingerprint density at radius 3 is 2.50 bits per heavy atom. The molecule has 0 saturated heterocycles. The number of aromatic nitrogens is 1. The van der Waals surface area contributed by atoms with Crippen molar-refractivity contribution >= 4 is 0 Å². The Balaban J connectivity index is 2.39. The molecule has 4 nitrogen and oxygen atoms in total. The second-order valence-electron chi connectivity index (χ2n) is 6.70. The maximum atomic E-state index is 5.42. The van der Waals surface area contributed by atoms with Gasteiger partial charge in [-0.05, 0) is 38.8 Å². The van der Waals surface area contributed by atoms with E-state index in [1.165, 1.54) is 6.42 Å². The highest BCUT2D eigenvalue weighted by atomic mass is 16.5. The van der Waals surface area contributed by atoms with Crippen LogP contribution in [-0.4, -0.2) is 29.7 Å². The first-order valence-corrected chi connectivity index (χ1v) is 7.74. The van der Waals surface area contributed by atoms with E-state index >= 15 is 0 Å². The third-order valence-electron chi connectivity index (χ3n) is 3.44. The summed E-state index contributed by atoms with van der Waals surface area (Å²) in [6, 6.07) is 2.62. The molecule has 0 amide bonds. The minimum absolute atomic E-state index is 0.558. The highest BCUT2D eigenvalue weighted by molar-refractivity contribution is 5.05. The number of hydrogen-bond donors (Lipinski definition) is 1. The molecule has 1 atom stereocenters. The predicted octanol–water partition coefficient (Wildman–Crippen LogP) is 3.29. The molecule has 1 rings (SSSR count). The molecule has 0 aromatic carbocycles. The van der Waals surface area contributed by atoms with Crippen LogP contribution >= 0.6 is 0 Å². The third-order valence-corrected chi connectivity index (χ3v) is 3.44. The molecule has 1 aromatic heterocycles. The van der Waals surface area contributed by atoms with E-state index in [2.05, 4.69) is 63.1 Å². The lowest BCUT2D eigenvalue weighted by Gasteiger charge is -2.24. The second kappa shape index (κ2) is 8.42. The third kappa shape index (κ3) is 6.53. The van der Waals surface area contributed by atoms with Gasteiger partial charge in [0.15, 0.2) is 5.76 Å². The van der Waals surface area contributed by atoms with Crippen molar-refractivity contribution in [2.45, 2.75) is 60.2 Å². The van der Waals surface area contributed by atoms with Gasteiger partial charge in [0.25, 0.3) is 0 Å². The van der Waals surface area contributed by atoms with E-state index in [1.54, 1.807) is 0 Å². The van der Waals surface area contributed by atoms with Gasteiger partial charge in [-0.15, -0.1) is 0 Å². The average Bonchev–Trinajstić information content (AvgIpc) is 2.75. The lowest BCUT2D eigenvalue weighted by molar-refractivity contribution is 0.197. The topological polar surface area (TPSA) is 41.3 Å². The van der Waals surface area contributed by atoms with Crippen LogP contribution in [0.15, 0.2) is 10.6 Å². The average molecular weight is 281 g/mol. The van der Waals surface area contributed by atoms with Crippen molar-refractivity contribution in [1.29, 1.82) is 0 Å². The molecule has 1 heterocycles. The molecule has 4 heteroatoms. The van der Waals surface area contributed by atoms with Gasteiger partial charge in [0.1, 0.15) is 0 Å². The highest BCUT2D eigenvalue weighted by Crippen LogP contribution is 2.13. The van der Waals surface area contributed by atoms with Gasteiger partial charge in [0.2, 0.25) is 0 Å². The summed E-state index contributed by atoms with van der Waals surface area (Å²) in [6.07, 6.45) is 1.20. The van der Waals surface area contributed by atoms with Gasteiger partial charge >= 0.3 is 0 Å². The van der Waals surface area contributed by atoms with Gasteiger partial charge in [-0.3, -0.25) is 4.90 Å². The van der Waals surface area contributed by atoms with Crippen LogP contribution in [0, 0.1) is 11.8 Å². The summed E-state index contributed by atoms with van der Waals surface area (Å²) in [5.74, 6) is 2.33. The molecule has 0 aliphatic rings. The van der Waals surface area contributed by atoms with E-state index < -0.39 is 0 Å². The summed E-state index contributed by atoms with van der Waals surface area (Å²) in [7, 11) is 2.15. The van der Waals surface area contributed by atoms with Crippen LogP contribution in [0.5, 0.6) is 0 Å². The van der Waals surface area contributed by atoms with Crippen molar-refractivity contribution in [2.24, 2.45) is 11.8 Å². The molecule has 1 N–H and O–H groups in total.